The quantitative estimate of drug-likeness (QED) is 0.722. The number of ether oxygens (including phenoxy) is 2. The summed E-state index contributed by atoms with van der Waals surface area (Å²) in [5.74, 6) is 0.160. The summed E-state index contributed by atoms with van der Waals surface area (Å²) in [5.41, 5.74) is 5.50. The van der Waals surface area contributed by atoms with Gasteiger partial charge < -0.3 is 20.1 Å². The van der Waals surface area contributed by atoms with Crippen LogP contribution >= 0.6 is 0 Å². The Bertz CT molecular complexity index is 349. The van der Waals surface area contributed by atoms with Crippen molar-refractivity contribution < 1.29 is 14.3 Å². The van der Waals surface area contributed by atoms with Crippen LogP contribution in [0, 0.1) is 5.41 Å². The van der Waals surface area contributed by atoms with E-state index in [0.717, 1.165) is 19.3 Å². The van der Waals surface area contributed by atoms with Crippen molar-refractivity contribution in [1.82, 2.24) is 4.90 Å². The maximum atomic E-state index is 12.8. The Kier molecular flexibility index (Phi) is 3.08. The summed E-state index contributed by atoms with van der Waals surface area (Å²) in [5, 5.41) is 0. The van der Waals surface area contributed by atoms with Gasteiger partial charge >= 0.3 is 0 Å². The average Bonchev–Trinajstić information content (AvgIpc) is 2.96. The van der Waals surface area contributed by atoms with Crippen LogP contribution in [0.1, 0.15) is 26.2 Å². The van der Waals surface area contributed by atoms with E-state index in [1.165, 1.54) is 0 Å². The fourth-order valence-corrected chi connectivity index (χ4v) is 3.42. The molecule has 0 aromatic carbocycles. The van der Waals surface area contributed by atoms with Crippen molar-refractivity contribution >= 4 is 5.91 Å². The molecular weight excluding hydrogens is 232 g/mol. The summed E-state index contributed by atoms with van der Waals surface area (Å²) in [6.07, 6.45) is 3.53. The van der Waals surface area contributed by atoms with Crippen molar-refractivity contribution in [3.8, 4) is 0 Å². The summed E-state index contributed by atoms with van der Waals surface area (Å²) < 4.78 is 11.1. The second kappa shape index (κ2) is 4.47. The molecule has 2 heterocycles. The van der Waals surface area contributed by atoms with E-state index in [-0.39, 0.29) is 24.1 Å². The number of nitrogens with two attached hydrogens (primary N) is 1. The lowest BCUT2D eigenvalue weighted by Crippen LogP contribution is -2.58. The van der Waals surface area contributed by atoms with E-state index in [9.17, 15) is 4.79 Å². The number of carbonyl (C=O) groups excluding carboxylic acids is 1. The summed E-state index contributed by atoms with van der Waals surface area (Å²) >= 11 is 0. The third-order valence-corrected chi connectivity index (χ3v) is 4.75. The molecule has 0 spiro atoms. The molecule has 2 aliphatic heterocycles. The van der Waals surface area contributed by atoms with E-state index in [1.807, 2.05) is 11.8 Å². The number of morpholine rings is 1. The van der Waals surface area contributed by atoms with Crippen molar-refractivity contribution in [2.45, 2.75) is 44.4 Å². The minimum atomic E-state index is -0.551. The molecule has 4 unspecified atom stereocenters. The standard InChI is InChI=1S/C13H22N2O3/c1-13(8-17-7-11(13)14)12(16)15-5-6-18-10-4-2-3-9(10)15/h9-11H,2-8,14H2,1H3. The van der Waals surface area contributed by atoms with E-state index in [0.29, 0.717) is 26.4 Å². The lowest BCUT2D eigenvalue weighted by atomic mass is 9.83. The molecule has 2 saturated heterocycles. The number of hydrogen-bond donors (Lipinski definition) is 1. The molecule has 5 heteroatoms. The zero-order valence-corrected chi connectivity index (χ0v) is 10.9. The van der Waals surface area contributed by atoms with Crippen LogP contribution in [0.25, 0.3) is 0 Å². The monoisotopic (exact) mass is 254 g/mol. The molecule has 1 aliphatic carbocycles. The normalized spacial score (nSPS) is 44.1. The van der Waals surface area contributed by atoms with Crippen molar-refractivity contribution in [2.75, 3.05) is 26.4 Å². The van der Waals surface area contributed by atoms with Gasteiger partial charge in [-0.15, -0.1) is 0 Å². The molecule has 4 atom stereocenters. The van der Waals surface area contributed by atoms with Gasteiger partial charge in [-0.1, -0.05) is 0 Å². The van der Waals surface area contributed by atoms with Gasteiger partial charge in [0, 0.05) is 12.6 Å². The van der Waals surface area contributed by atoms with Crippen molar-refractivity contribution in [2.24, 2.45) is 11.1 Å². The maximum absolute atomic E-state index is 12.8. The van der Waals surface area contributed by atoms with E-state index in [4.69, 9.17) is 15.2 Å². The first-order chi connectivity index (χ1) is 8.63. The highest BCUT2D eigenvalue weighted by atomic mass is 16.5. The van der Waals surface area contributed by atoms with Crippen LogP contribution in [-0.2, 0) is 14.3 Å². The largest absolute Gasteiger partial charge is 0.379 e. The van der Waals surface area contributed by atoms with Crippen LogP contribution in [0.5, 0.6) is 0 Å². The van der Waals surface area contributed by atoms with Gasteiger partial charge in [0.15, 0.2) is 0 Å². The second-order valence-electron chi connectivity index (χ2n) is 5.95. The van der Waals surface area contributed by atoms with Crippen LogP contribution < -0.4 is 5.73 Å². The SMILES string of the molecule is CC1(C(=O)N2CCOC3CCCC32)COCC1N. The van der Waals surface area contributed by atoms with Crippen LogP contribution in [-0.4, -0.2) is 55.4 Å². The first-order valence-corrected chi connectivity index (χ1v) is 6.89. The predicted molar refractivity (Wildman–Crippen MR) is 66.0 cm³/mol. The lowest BCUT2D eigenvalue weighted by molar-refractivity contribution is -0.154. The molecule has 3 rings (SSSR count). The van der Waals surface area contributed by atoms with E-state index in [1.54, 1.807) is 0 Å². The molecule has 102 valence electrons. The molecule has 0 aromatic rings. The number of nitrogens with zero attached hydrogens (tertiary/aromatic N) is 1. The molecule has 0 radical (unpaired) electrons. The van der Waals surface area contributed by atoms with Gasteiger partial charge in [-0.05, 0) is 26.2 Å². The van der Waals surface area contributed by atoms with Crippen LogP contribution in [0.15, 0.2) is 0 Å². The van der Waals surface area contributed by atoms with Crippen LogP contribution in [0.4, 0.5) is 0 Å². The molecule has 3 aliphatic rings. The fraction of sp³-hybridized carbons (Fsp3) is 0.923. The third kappa shape index (κ3) is 1.76. The zero-order chi connectivity index (χ0) is 12.8. The average molecular weight is 254 g/mol. The van der Waals surface area contributed by atoms with Crippen LogP contribution in [0.2, 0.25) is 0 Å². The van der Waals surface area contributed by atoms with Gasteiger partial charge in [-0.3, -0.25) is 4.79 Å². The highest BCUT2D eigenvalue weighted by Crippen LogP contribution is 2.35. The Labute approximate surface area is 108 Å². The maximum Gasteiger partial charge on any atom is 0.232 e. The van der Waals surface area contributed by atoms with Gasteiger partial charge in [0.2, 0.25) is 5.91 Å². The first kappa shape index (κ1) is 12.4. The molecule has 5 nitrogen and oxygen atoms in total. The summed E-state index contributed by atoms with van der Waals surface area (Å²) in [7, 11) is 0. The van der Waals surface area contributed by atoms with Gasteiger partial charge in [-0.2, -0.15) is 0 Å². The Hall–Kier alpha value is -0.650. The molecule has 2 N–H and O–H groups in total. The van der Waals surface area contributed by atoms with Gasteiger partial charge in [0.05, 0.1) is 37.4 Å². The molecule has 1 saturated carbocycles. The molecule has 18 heavy (non-hydrogen) atoms. The molecule has 0 aromatic heterocycles. The van der Waals surface area contributed by atoms with Gasteiger partial charge in [0.1, 0.15) is 0 Å². The lowest BCUT2D eigenvalue weighted by Gasteiger charge is -2.42. The minimum Gasteiger partial charge on any atom is -0.379 e. The molecule has 3 fully saturated rings. The minimum absolute atomic E-state index is 0.160. The zero-order valence-electron chi connectivity index (χ0n) is 10.9. The van der Waals surface area contributed by atoms with Crippen molar-refractivity contribution in [1.29, 1.82) is 0 Å². The van der Waals surface area contributed by atoms with E-state index < -0.39 is 5.41 Å². The van der Waals surface area contributed by atoms with E-state index >= 15 is 0 Å². The summed E-state index contributed by atoms with van der Waals surface area (Å²) in [6.45, 7) is 4.22. The Morgan fingerprint density at radius 2 is 2.28 bits per heavy atom. The van der Waals surface area contributed by atoms with E-state index in [2.05, 4.69) is 0 Å². The second-order valence-corrected chi connectivity index (χ2v) is 5.95. The molecule has 0 bridgehead atoms. The van der Waals surface area contributed by atoms with Gasteiger partial charge in [-0.25, -0.2) is 0 Å². The number of fused-ring (bicyclic) bond motifs is 1. The topological polar surface area (TPSA) is 64.8 Å². The third-order valence-electron chi connectivity index (χ3n) is 4.75. The Morgan fingerprint density at radius 3 is 3.00 bits per heavy atom. The number of carbonyl (C=O) groups is 1. The Balaban J connectivity index is 1.79. The van der Waals surface area contributed by atoms with Crippen LogP contribution in [0.3, 0.4) is 0 Å². The summed E-state index contributed by atoms with van der Waals surface area (Å²) in [4.78, 5) is 14.8. The summed E-state index contributed by atoms with van der Waals surface area (Å²) in [6, 6.07) is 0.0728. The number of hydrogen-bond acceptors (Lipinski definition) is 4. The fourth-order valence-electron chi connectivity index (χ4n) is 3.42. The van der Waals surface area contributed by atoms with Crippen molar-refractivity contribution in [3.63, 3.8) is 0 Å². The molecule has 1 amide bonds. The first-order valence-electron chi connectivity index (χ1n) is 6.89. The highest BCUT2D eigenvalue weighted by molar-refractivity contribution is 5.84. The van der Waals surface area contributed by atoms with Gasteiger partial charge in [0.25, 0.3) is 0 Å². The predicted octanol–water partition coefficient (Wildman–Crippen LogP) is 0.130. The smallest absolute Gasteiger partial charge is 0.232 e. The number of rotatable bonds is 1. The number of amides is 1. The van der Waals surface area contributed by atoms with Crippen molar-refractivity contribution in [3.05, 3.63) is 0 Å². The Morgan fingerprint density at radius 1 is 1.44 bits per heavy atom. The molecular formula is C13H22N2O3. The highest BCUT2D eigenvalue weighted by Gasteiger charge is 2.50.